The molecule has 0 aromatic heterocycles. The monoisotopic (exact) mass is 321 g/mol. The summed E-state index contributed by atoms with van der Waals surface area (Å²) in [5.41, 5.74) is 0.741. The van der Waals surface area contributed by atoms with E-state index in [1.807, 2.05) is 0 Å². The Balaban J connectivity index is 3.32. The van der Waals surface area contributed by atoms with E-state index in [0.717, 1.165) is 12.1 Å². The quantitative estimate of drug-likeness (QED) is 0.379. The fourth-order valence-electron chi connectivity index (χ4n) is 1.37. The molecule has 10 heteroatoms. The predicted octanol–water partition coefficient (Wildman–Crippen LogP) is 2.24. The Bertz CT molecular complexity index is 716. The largest absolute Gasteiger partial charge is 0.462 e. The lowest BCUT2D eigenvalue weighted by Crippen LogP contribution is -2.07. The molecule has 0 radical (unpaired) electrons. The second-order valence-corrected chi connectivity index (χ2v) is 4.03. The molecule has 0 unspecified atom stereocenters. The van der Waals surface area contributed by atoms with Crippen molar-refractivity contribution in [1.29, 1.82) is 10.5 Å². The van der Waals surface area contributed by atoms with Crippen LogP contribution in [0.1, 0.15) is 17.3 Å². The number of hydrazone groups is 1. The number of nitrogens with one attached hydrogen (secondary N) is 1. The van der Waals surface area contributed by atoms with Crippen molar-refractivity contribution in [3.8, 4) is 12.1 Å². The van der Waals surface area contributed by atoms with Crippen molar-refractivity contribution in [3.63, 3.8) is 0 Å². The van der Waals surface area contributed by atoms with Crippen molar-refractivity contribution in [1.82, 2.24) is 0 Å². The number of nitro benzene ring substituents is 1. The number of anilines is 1. The number of esters is 1. The Kier molecular flexibility index (Phi) is 5.81. The van der Waals surface area contributed by atoms with E-state index in [9.17, 15) is 14.9 Å². The minimum atomic E-state index is -0.787. The second kappa shape index (κ2) is 7.57. The van der Waals surface area contributed by atoms with Gasteiger partial charge in [0.1, 0.15) is 12.1 Å². The number of benzene rings is 1. The zero-order chi connectivity index (χ0) is 16.7. The molecule has 0 bridgehead atoms. The molecular weight excluding hydrogens is 314 g/mol. The molecule has 1 aromatic rings. The summed E-state index contributed by atoms with van der Waals surface area (Å²) >= 11 is 5.88. The number of hydrogen-bond acceptors (Lipinski definition) is 8. The van der Waals surface area contributed by atoms with E-state index >= 15 is 0 Å². The Morgan fingerprint density at radius 1 is 1.50 bits per heavy atom. The van der Waals surface area contributed by atoms with Gasteiger partial charge >= 0.3 is 5.97 Å². The van der Waals surface area contributed by atoms with Gasteiger partial charge in [0.25, 0.3) is 5.69 Å². The zero-order valence-corrected chi connectivity index (χ0v) is 11.9. The highest BCUT2D eigenvalue weighted by atomic mass is 35.5. The number of halogens is 1. The van der Waals surface area contributed by atoms with Crippen LogP contribution in [-0.2, 0) is 4.74 Å². The first-order valence-electron chi connectivity index (χ1n) is 5.73. The molecule has 22 heavy (non-hydrogen) atoms. The summed E-state index contributed by atoms with van der Waals surface area (Å²) in [6.07, 6.45) is 0. The van der Waals surface area contributed by atoms with Crippen LogP contribution in [0.3, 0.4) is 0 Å². The van der Waals surface area contributed by atoms with Crippen molar-refractivity contribution >= 4 is 34.7 Å². The van der Waals surface area contributed by atoms with Crippen LogP contribution in [0.5, 0.6) is 0 Å². The molecule has 1 N–H and O–H groups in total. The molecule has 0 saturated heterocycles. The minimum absolute atomic E-state index is 0.0994. The van der Waals surface area contributed by atoms with Gasteiger partial charge in [-0.15, -0.1) is 0 Å². The average Bonchev–Trinajstić information content (AvgIpc) is 2.49. The van der Waals surface area contributed by atoms with Crippen LogP contribution >= 0.6 is 11.6 Å². The zero-order valence-electron chi connectivity index (χ0n) is 11.2. The molecule has 1 aromatic carbocycles. The van der Waals surface area contributed by atoms with Gasteiger partial charge in [0, 0.05) is 6.07 Å². The van der Waals surface area contributed by atoms with Gasteiger partial charge in [0.05, 0.1) is 22.1 Å². The molecule has 1 rings (SSSR count). The SMILES string of the molecule is CCOC(=O)c1cc(Cl)c(NN=C(C#N)C#N)c([N+](=O)[O-])c1. The normalized spacial score (nSPS) is 9.09. The predicted molar refractivity (Wildman–Crippen MR) is 76.3 cm³/mol. The summed E-state index contributed by atoms with van der Waals surface area (Å²) in [4.78, 5) is 21.9. The van der Waals surface area contributed by atoms with E-state index in [1.54, 1.807) is 6.92 Å². The molecule has 0 fully saturated rings. The first kappa shape index (κ1) is 16.9. The topological polar surface area (TPSA) is 141 Å². The van der Waals surface area contributed by atoms with Gasteiger partial charge in [-0.2, -0.15) is 15.6 Å². The van der Waals surface area contributed by atoms with Crippen molar-refractivity contribution < 1.29 is 14.5 Å². The average molecular weight is 322 g/mol. The van der Waals surface area contributed by atoms with Crippen LogP contribution in [0, 0.1) is 32.8 Å². The lowest BCUT2D eigenvalue weighted by molar-refractivity contribution is -0.384. The number of carbonyl (C=O) groups is 1. The highest BCUT2D eigenvalue weighted by molar-refractivity contribution is 6.34. The summed E-state index contributed by atoms with van der Waals surface area (Å²) in [5, 5.41) is 31.4. The van der Waals surface area contributed by atoms with Gasteiger partial charge in [0.15, 0.2) is 5.69 Å². The third-order valence-electron chi connectivity index (χ3n) is 2.27. The third-order valence-corrected chi connectivity index (χ3v) is 2.57. The smallest absolute Gasteiger partial charge is 0.338 e. The van der Waals surface area contributed by atoms with Gasteiger partial charge in [-0.05, 0) is 13.0 Å². The molecule has 0 heterocycles. The van der Waals surface area contributed by atoms with E-state index in [4.69, 9.17) is 26.9 Å². The minimum Gasteiger partial charge on any atom is -0.462 e. The van der Waals surface area contributed by atoms with Crippen LogP contribution in [-0.4, -0.2) is 23.2 Å². The molecular formula is C12H8ClN5O4. The number of nitro groups is 1. The van der Waals surface area contributed by atoms with Crippen molar-refractivity contribution in [2.45, 2.75) is 6.92 Å². The number of hydrogen-bond donors (Lipinski definition) is 1. The van der Waals surface area contributed by atoms with Crippen molar-refractivity contribution in [2.75, 3.05) is 12.0 Å². The summed E-state index contributed by atoms with van der Waals surface area (Å²) in [6.45, 7) is 1.69. The van der Waals surface area contributed by atoms with Gasteiger partial charge in [-0.1, -0.05) is 11.6 Å². The van der Waals surface area contributed by atoms with Gasteiger partial charge < -0.3 is 4.74 Å². The molecule has 0 saturated carbocycles. The number of rotatable bonds is 5. The standard InChI is InChI=1S/C12H8ClN5O4/c1-2-22-12(19)7-3-9(13)11(10(4-7)18(20)21)17-16-8(5-14)6-15/h3-4,17H,2H2,1H3. The Morgan fingerprint density at radius 3 is 2.64 bits per heavy atom. The molecule has 0 atom stereocenters. The lowest BCUT2D eigenvalue weighted by atomic mass is 10.1. The highest BCUT2D eigenvalue weighted by Crippen LogP contribution is 2.34. The van der Waals surface area contributed by atoms with Crippen LogP contribution in [0.15, 0.2) is 17.2 Å². The van der Waals surface area contributed by atoms with E-state index in [1.165, 1.54) is 12.1 Å². The van der Waals surface area contributed by atoms with E-state index in [0.29, 0.717) is 0 Å². The number of ether oxygens (including phenoxy) is 1. The third kappa shape index (κ3) is 3.91. The van der Waals surface area contributed by atoms with Gasteiger partial charge in [-0.25, -0.2) is 4.79 Å². The van der Waals surface area contributed by atoms with E-state index in [-0.39, 0.29) is 22.9 Å². The Labute approximate surface area is 129 Å². The first-order valence-corrected chi connectivity index (χ1v) is 6.11. The van der Waals surface area contributed by atoms with Crippen molar-refractivity contribution in [2.24, 2.45) is 5.10 Å². The van der Waals surface area contributed by atoms with Crippen LogP contribution < -0.4 is 5.43 Å². The maximum atomic E-state index is 11.6. The highest BCUT2D eigenvalue weighted by Gasteiger charge is 2.22. The first-order chi connectivity index (χ1) is 10.4. The van der Waals surface area contributed by atoms with Crippen LogP contribution in [0.25, 0.3) is 0 Å². The van der Waals surface area contributed by atoms with E-state index in [2.05, 4.69) is 10.5 Å². The summed E-state index contributed by atoms with van der Waals surface area (Å²) in [5.74, 6) is -0.766. The molecule has 0 aliphatic rings. The maximum absolute atomic E-state index is 11.6. The summed E-state index contributed by atoms with van der Waals surface area (Å²) in [6, 6.07) is 5.07. The van der Waals surface area contributed by atoms with E-state index < -0.39 is 22.3 Å². The fourth-order valence-corrected chi connectivity index (χ4v) is 1.62. The molecule has 0 aliphatic carbocycles. The van der Waals surface area contributed by atoms with Gasteiger partial charge in [0.2, 0.25) is 5.71 Å². The molecule has 0 aliphatic heterocycles. The number of nitrogens with zero attached hydrogens (tertiary/aromatic N) is 4. The Morgan fingerprint density at radius 2 is 2.14 bits per heavy atom. The number of carbonyl (C=O) groups excluding carboxylic acids is 1. The number of nitriles is 2. The molecule has 0 spiro atoms. The van der Waals surface area contributed by atoms with Gasteiger partial charge in [-0.3, -0.25) is 15.5 Å². The summed E-state index contributed by atoms with van der Waals surface area (Å²) < 4.78 is 4.74. The van der Waals surface area contributed by atoms with Crippen molar-refractivity contribution in [3.05, 3.63) is 32.8 Å². The van der Waals surface area contributed by atoms with Crippen LogP contribution in [0.2, 0.25) is 5.02 Å². The molecule has 0 amide bonds. The van der Waals surface area contributed by atoms with Crippen LogP contribution in [0.4, 0.5) is 11.4 Å². The Hall–Kier alpha value is -3.17. The molecule has 112 valence electrons. The summed E-state index contributed by atoms with van der Waals surface area (Å²) in [7, 11) is 0. The lowest BCUT2D eigenvalue weighted by Gasteiger charge is -2.07. The maximum Gasteiger partial charge on any atom is 0.338 e. The molecule has 9 nitrogen and oxygen atoms in total. The second-order valence-electron chi connectivity index (χ2n) is 3.63. The fraction of sp³-hybridized carbons (Fsp3) is 0.167.